The van der Waals surface area contributed by atoms with Gasteiger partial charge in [0, 0.05) is 9.58 Å². The summed E-state index contributed by atoms with van der Waals surface area (Å²) in [4.78, 5) is 12.9. The molecule has 1 aliphatic rings. The van der Waals surface area contributed by atoms with Crippen LogP contribution in [0.15, 0.2) is 24.3 Å². The maximum Gasteiger partial charge on any atom is 0.307 e. The van der Waals surface area contributed by atoms with Gasteiger partial charge in [-0.05, 0) is 67.3 Å². The van der Waals surface area contributed by atoms with E-state index < -0.39 is 5.97 Å². The smallest absolute Gasteiger partial charge is 0.307 e. The summed E-state index contributed by atoms with van der Waals surface area (Å²) in [5, 5.41) is 14.1. The molecule has 2 N–H and O–H groups in total. The van der Waals surface area contributed by atoms with Crippen molar-refractivity contribution < 1.29 is 9.90 Å². The number of aliphatic carboxylic acids is 1. The second-order valence-corrected chi connectivity index (χ2v) is 8.25. The number of rotatable bonds is 6. The van der Waals surface area contributed by atoms with Crippen molar-refractivity contribution >= 4 is 27.4 Å². The van der Waals surface area contributed by atoms with E-state index in [9.17, 15) is 9.90 Å². The van der Waals surface area contributed by atoms with E-state index in [0.29, 0.717) is 12.3 Å². The third-order valence-corrected chi connectivity index (χ3v) is 5.82. The van der Waals surface area contributed by atoms with Gasteiger partial charge in [-0.25, -0.2) is 0 Å². The second kappa shape index (κ2) is 7.02. The molecule has 23 heavy (non-hydrogen) atoms. The molecule has 2 aromatic rings. The van der Waals surface area contributed by atoms with Crippen LogP contribution in [0.3, 0.4) is 0 Å². The molecule has 124 valence electrons. The number of carboxylic acids is 1. The minimum absolute atomic E-state index is 0.259. The number of carbonyl (C=O) groups is 1. The standard InChI is InChI=1S/C19H25NO2S/c1-12(2)7-13-3-4-18-15(8-13)9-16(23-18)10-17(19(21)22)14-5-6-20-11-14/h3-4,8-9,12,14,17,20H,5-7,10-11H2,1-2H3,(H,21,22). The minimum atomic E-state index is -0.656. The monoisotopic (exact) mass is 331 g/mol. The molecular weight excluding hydrogens is 306 g/mol. The number of thiophene rings is 1. The fraction of sp³-hybridized carbons (Fsp3) is 0.526. The van der Waals surface area contributed by atoms with Gasteiger partial charge in [-0.2, -0.15) is 0 Å². The van der Waals surface area contributed by atoms with E-state index in [-0.39, 0.29) is 11.8 Å². The predicted molar refractivity (Wildman–Crippen MR) is 96.2 cm³/mol. The van der Waals surface area contributed by atoms with Crippen molar-refractivity contribution in [2.24, 2.45) is 17.8 Å². The lowest BCUT2D eigenvalue weighted by atomic mass is 9.88. The molecule has 2 heterocycles. The van der Waals surface area contributed by atoms with Gasteiger partial charge in [-0.15, -0.1) is 11.3 Å². The first-order chi connectivity index (χ1) is 11.0. The maximum atomic E-state index is 11.7. The molecule has 0 bridgehead atoms. The number of carboxylic acid groups (broad SMARTS) is 1. The molecule has 1 saturated heterocycles. The number of nitrogens with one attached hydrogen (secondary N) is 1. The molecule has 2 atom stereocenters. The van der Waals surface area contributed by atoms with Crippen LogP contribution in [-0.4, -0.2) is 24.2 Å². The Balaban J connectivity index is 1.80. The first kappa shape index (κ1) is 16.5. The highest BCUT2D eigenvalue weighted by molar-refractivity contribution is 7.19. The first-order valence-electron chi connectivity index (χ1n) is 8.48. The van der Waals surface area contributed by atoms with Crippen LogP contribution < -0.4 is 5.32 Å². The fourth-order valence-corrected chi connectivity index (χ4v) is 4.64. The highest BCUT2D eigenvalue weighted by atomic mass is 32.1. The van der Waals surface area contributed by atoms with Crippen molar-refractivity contribution in [1.82, 2.24) is 5.32 Å². The molecule has 4 heteroatoms. The van der Waals surface area contributed by atoms with Crippen LogP contribution in [0, 0.1) is 17.8 Å². The molecule has 3 nitrogen and oxygen atoms in total. The van der Waals surface area contributed by atoms with E-state index in [1.54, 1.807) is 11.3 Å². The Morgan fingerprint density at radius 2 is 2.17 bits per heavy atom. The Morgan fingerprint density at radius 1 is 1.35 bits per heavy atom. The molecule has 0 spiro atoms. The van der Waals surface area contributed by atoms with E-state index in [1.165, 1.54) is 20.5 Å². The van der Waals surface area contributed by atoms with Gasteiger partial charge in [-0.1, -0.05) is 26.0 Å². The summed E-state index contributed by atoms with van der Waals surface area (Å²) < 4.78 is 1.26. The predicted octanol–water partition coefficient (Wildman–Crippen LogP) is 3.95. The summed E-state index contributed by atoms with van der Waals surface area (Å²) in [6.45, 7) is 6.24. The molecule has 1 aromatic carbocycles. The molecule has 0 radical (unpaired) electrons. The highest BCUT2D eigenvalue weighted by Gasteiger charge is 2.30. The van der Waals surface area contributed by atoms with Crippen LogP contribution in [0.2, 0.25) is 0 Å². The number of hydrogen-bond donors (Lipinski definition) is 2. The molecule has 1 fully saturated rings. The summed E-state index contributed by atoms with van der Waals surface area (Å²) in [5.74, 6) is -0.0177. The number of benzene rings is 1. The SMILES string of the molecule is CC(C)Cc1ccc2sc(CC(C(=O)O)C3CCNC3)cc2c1. The number of fused-ring (bicyclic) bond motifs is 1. The summed E-state index contributed by atoms with van der Waals surface area (Å²) >= 11 is 1.75. The summed E-state index contributed by atoms with van der Waals surface area (Å²) in [6.07, 6.45) is 2.72. The Hall–Kier alpha value is -1.39. The maximum absolute atomic E-state index is 11.7. The normalized spacial score (nSPS) is 19.5. The van der Waals surface area contributed by atoms with Crippen molar-refractivity contribution in [2.75, 3.05) is 13.1 Å². The van der Waals surface area contributed by atoms with Crippen LogP contribution >= 0.6 is 11.3 Å². The molecule has 0 saturated carbocycles. The van der Waals surface area contributed by atoms with Crippen molar-refractivity contribution in [2.45, 2.75) is 33.1 Å². The third kappa shape index (κ3) is 3.93. The molecule has 1 aliphatic heterocycles. The van der Waals surface area contributed by atoms with Crippen LogP contribution in [0.1, 0.15) is 30.7 Å². The third-order valence-electron chi connectivity index (χ3n) is 4.68. The van der Waals surface area contributed by atoms with Crippen LogP contribution in [0.4, 0.5) is 0 Å². The van der Waals surface area contributed by atoms with E-state index in [0.717, 1.165) is 25.9 Å². The molecule has 1 aromatic heterocycles. The van der Waals surface area contributed by atoms with Crippen molar-refractivity contribution in [3.05, 3.63) is 34.7 Å². The zero-order valence-electron chi connectivity index (χ0n) is 13.8. The average molecular weight is 331 g/mol. The molecule has 3 rings (SSSR count). The van der Waals surface area contributed by atoms with Gasteiger partial charge >= 0.3 is 5.97 Å². The van der Waals surface area contributed by atoms with Crippen LogP contribution in [0.5, 0.6) is 0 Å². The lowest BCUT2D eigenvalue weighted by Gasteiger charge is -2.17. The zero-order valence-corrected chi connectivity index (χ0v) is 14.7. The summed E-state index contributed by atoms with van der Waals surface area (Å²) in [6, 6.07) is 8.86. The van der Waals surface area contributed by atoms with Gasteiger partial charge in [-0.3, -0.25) is 4.79 Å². The van der Waals surface area contributed by atoms with E-state index in [2.05, 4.69) is 43.4 Å². The second-order valence-electron chi connectivity index (χ2n) is 7.08. The Labute approximate surface area is 141 Å². The van der Waals surface area contributed by atoms with Crippen molar-refractivity contribution in [3.8, 4) is 0 Å². The van der Waals surface area contributed by atoms with Gasteiger partial charge in [0.15, 0.2) is 0 Å². The highest BCUT2D eigenvalue weighted by Crippen LogP contribution is 2.31. The quantitative estimate of drug-likeness (QED) is 0.842. The lowest BCUT2D eigenvalue weighted by molar-refractivity contribution is -0.143. The average Bonchev–Trinajstić information content (AvgIpc) is 3.12. The van der Waals surface area contributed by atoms with E-state index in [1.807, 2.05) is 0 Å². The Bertz CT molecular complexity index is 686. The molecule has 0 amide bonds. The van der Waals surface area contributed by atoms with Gasteiger partial charge < -0.3 is 10.4 Å². The fourth-order valence-electron chi connectivity index (χ4n) is 3.54. The first-order valence-corrected chi connectivity index (χ1v) is 9.29. The zero-order chi connectivity index (χ0) is 16.4. The summed E-state index contributed by atoms with van der Waals surface area (Å²) in [5.41, 5.74) is 1.37. The van der Waals surface area contributed by atoms with Gasteiger partial charge in [0.1, 0.15) is 0 Å². The minimum Gasteiger partial charge on any atom is -0.481 e. The lowest BCUT2D eigenvalue weighted by Crippen LogP contribution is -2.27. The topological polar surface area (TPSA) is 49.3 Å². The van der Waals surface area contributed by atoms with E-state index >= 15 is 0 Å². The van der Waals surface area contributed by atoms with Gasteiger partial charge in [0.05, 0.1) is 5.92 Å². The van der Waals surface area contributed by atoms with Gasteiger partial charge in [0.2, 0.25) is 0 Å². The molecular formula is C19H25NO2S. The van der Waals surface area contributed by atoms with Crippen LogP contribution in [0.25, 0.3) is 10.1 Å². The van der Waals surface area contributed by atoms with E-state index in [4.69, 9.17) is 0 Å². The molecule has 2 unspecified atom stereocenters. The summed E-state index contributed by atoms with van der Waals surface area (Å²) in [7, 11) is 0. The largest absolute Gasteiger partial charge is 0.481 e. The van der Waals surface area contributed by atoms with Crippen molar-refractivity contribution in [3.63, 3.8) is 0 Å². The Kier molecular flexibility index (Phi) is 5.02. The van der Waals surface area contributed by atoms with Crippen molar-refractivity contribution in [1.29, 1.82) is 0 Å². The Morgan fingerprint density at radius 3 is 2.83 bits per heavy atom. The molecule has 0 aliphatic carbocycles. The number of hydrogen-bond acceptors (Lipinski definition) is 3. The van der Waals surface area contributed by atoms with Gasteiger partial charge in [0.25, 0.3) is 0 Å². The van der Waals surface area contributed by atoms with Crippen LogP contribution in [-0.2, 0) is 17.6 Å².